The number of aryl methyl sites for hydroxylation is 1. The molecule has 0 radical (unpaired) electrons. The molecule has 4 heteroatoms. The zero-order valence-electron chi connectivity index (χ0n) is 8.96. The molecule has 0 N–H and O–H groups in total. The van der Waals surface area contributed by atoms with E-state index in [-0.39, 0.29) is 0 Å². The van der Waals surface area contributed by atoms with Gasteiger partial charge >= 0.3 is 0 Å². The number of carbonyl (C=O) groups is 1. The maximum atomic E-state index is 10.4. The third-order valence-electron chi connectivity index (χ3n) is 2.14. The predicted octanol–water partition coefficient (Wildman–Crippen LogP) is 2.04. The molecule has 0 aliphatic carbocycles. The van der Waals surface area contributed by atoms with Gasteiger partial charge in [0.05, 0.1) is 6.20 Å². The second-order valence-electron chi connectivity index (χ2n) is 3.52. The van der Waals surface area contributed by atoms with E-state index in [1.807, 2.05) is 13.1 Å². The molecule has 0 fully saturated rings. The topological polar surface area (TPSA) is 44.1 Å². The highest BCUT2D eigenvalue weighted by atomic mass is 16.5. The summed E-state index contributed by atoms with van der Waals surface area (Å²) in [5.41, 5.74) is 1.74. The molecule has 1 aromatic heterocycles. The van der Waals surface area contributed by atoms with Gasteiger partial charge in [0.2, 0.25) is 0 Å². The summed E-state index contributed by atoms with van der Waals surface area (Å²) in [6.45, 7) is 2.34. The van der Waals surface area contributed by atoms with Crippen LogP contribution in [0.1, 0.15) is 15.9 Å². The lowest BCUT2D eigenvalue weighted by molar-refractivity contribution is 0.112. The van der Waals surface area contributed by atoms with Crippen molar-refractivity contribution in [1.29, 1.82) is 0 Å². The standard InChI is InChI=1S/C12H12N2O2/c1-10-6-13-14(7-10)9-16-12-4-2-11(8-15)3-5-12/h2-8H,9H2,1H3. The SMILES string of the molecule is Cc1cnn(COc2ccc(C=O)cc2)c1. The van der Waals surface area contributed by atoms with Crippen molar-refractivity contribution in [2.24, 2.45) is 0 Å². The number of carbonyl (C=O) groups excluding carboxylic acids is 1. The molecule has 2 aromatic rings. The lowest BCUT2D eigenvalue weighted by Crippen LogP contribution is -2.05. The third kappa shape index (κ3) is 2.48. The monoisotopic (exact) mass is 216 g/mol. The predicted molar refractivity (Wildman–Crippen MR) is 59.4 cm³/mol. The number of aldehydes is 1. The Morgan fingerprint density at radius 1 is 1.38 bits per heavy atom. The first kappa shape index (κ1) is 10.4. The summed E-state index contributed by atoms with van der Waals surface area (Å²) < 4.78 is 7.20. The van der Waals surface area contributed by atoms with Gasteiger partial charge in [0.1, 0.15) is 12.0 Å². The quantitative estimate of drug-likeness (QED) is 0.734. The van der Waals surface area contributed by atoms with Crippen LogP contribution in [0.15, 0.2) is 36.7 Å². The maximum Gasteiger partial charge on any atom is 0.180 e. The third-order valence-corrected chi connectivity index (χ3v) is 2.14. The lowest BCUT2D eigenvalue weighted by atomic mass is 10.2. The van der Waals surface area contributed by atoms with Crippen LogP contribution in [0, 0.1) is 6.92 Å². The zero-order valence-corrected chi connectivity index (χ0v) is 8.96. The fourth-order valence-corrected chi connectivity index (χ4v) is 1.32. The highest BCUT2D eigenvalue weighted by molar-refractivity contribution is 5.74. The van der Waals surface area contributed by atoms with Crippen molar-refractivity contribution < 1.29 is 9.53 Å². The van der Waals surface area contributed by atoms with Crippen molar-refractivity contribution in [2.45, 2.75) is 13.7 Å². The molecule has 0 spiro atoms. The Hall–Kier alpha value is -2.10. The van der Waals surface area contributed by atoms with E-state index >= 15 is 0 Å². The van der Waals surface area contributed by atoms with E-state index in [2.05, 4.69) is 5.10 Å². The smallest absolute Gasteiger partial charge is 0.180 e. The first-order valence-electron chi connectivity index (χ1n) is 4.95. The summed E-state index contributed by atoms with van der Waals surface area (Å²) in [6.07, 6.45) is 4.49. The van der Waals surface area contributed by atoms with Crippen LogP contribution in [0.2, 0.25) is 0 Å². The second kappa shape index (κ2) is 4.61. The Morgan fingerprint density at radius 2 is 2.12 bits per heavy atom. The molecule has 16 heavy (non-hydrogen) atoms. The van der Waals surface area contributed by atoms with Crippen molar-refractivity contribution in [1.82, 2.24) is 9.78 Å². The minimum absolute atomic E-state index is 0.369. The maximum absolute atomic E-state index is 10.4. The van der Waals surface area contributed by atoms with Crippen molar-refractivity contribution >= 4 is 6.29 Å². The van der Waals surface area contributed by atoms with E-state index in [9.17, 15) is 4.79 Å². The van der Waals surface area contributed by atoms with Gasteiger partial charge in [-0.1, -0.05) is 0 Å². The first-order valence-corrected chi connectivity index (χ1v) is 4.95. The van der Waals surface area contributed by atoms with Gasteiger partial charge in [-0.15, -0.1) is 0 Å². The van der Waals surface area contributed by atoms with Crippen LogP contribution in [0.5, 0.6) is 5.75 Å². The second-order valence-corrected chi connectivity index (χ2v) is 3.52. The van der Waals surface area contributed by atoms with Gasteiger partial charge in [-0.05, 0) is 36.8 Å². The van der Waals surface area contributed by atoms with Crippen LogP contribution in [0.25, 0.3) is 0 Å². The van der Waals surface area contributed by atoms with E-state index in [4.69, 9.17) is 4.74 Å². The van der Waals surface area contributed by atoms with Gasteiger partial charge in [-0.25, -0.2) is 4.68 Å². The molecular formula is C12H12N2O2. The molecule has 2 rings (SSSR count). The number of nitrogens with zero attached hydrogens (tertiary/aromatic N) is 2. The Morgan fingerprint density at radius 3 is 2.69 bits per heavy atom. The largest absolute Gasteiger partial charge is 0.471 e. The average molecular weight is 216 g/mol. The Labute approximate surface area is 93.5 Å². The molecule has 0 amide bonds. The summed E-state index contributed by atoms with van der Waals surface area (Å²) >= 11 is 0. The number of hydrogen-bond donors (Lipinski definition) is 0. The number of rotatable bonds is 4. The van der Waals surface area contributed by atoms with Crippen LogP contribution in [-0.2, 0) is 6.73 Å². The molecule has 0 unspecified atom stereocenters. The molecule has 0 saturated carbocycles. The number of hydrogen-bond acceptors (Lipinski definition) is 3. The molecule has 0 aliphatic heterocycles. The highest BCUT2D eigenvalue weighted by Gasteiger charge is 1.96. The molecule has 0 bridgehead atoms. The minimum Gasteiger partial charge on any atom is -0.471 e. The van der Waals surface area contributed by atoms with Crippen LogP contribution < -0.4 is 4.74 Å². The molecular weight excluding hydrogens is 204 g/mol. The van der Waals surface area contributed by atoms with E-state index in [0.29, 0.717) is 12.3 Å². The first-order chi connectivity index (χ1) is 7.78. The van der Waals surface area contributed by atoms with Crippen molar-refractivity contribution in [3.8, 4) is 5.75 Å². The molecule has 0 aliphatic rings. The van der Waals surface area contributed by atoms with Gasteiger partial charge in [-0.2, -0.15) is 5.10 Å². The summed E-state index contributed by atoms with van der Waals surface area (Å²) in [5.74, 6) is 0.721. The van der Waals surface area contributed by atoms with Gasteiger partial charge < -0.3 is 4.74 Å². The van der Waals surface area contributed by atoms with E-state index < -0.39 is 0 Å². The summed E-state index contributed by atoms with van der Waals surface area (Å²) in [5, 5.41) is 4.10. The van der Waals surface area contributed by atoms with Crippen LogP contribution in [0.3, 0.4) is 0 Å². The van der Waals surface area contributed by atoms with E-state index in [1.165, 1.54) is 0 Å². The minimum atomic E-state index is 0.369. The van der Waals surface area contributed by atoms with Gasteiger partial charge in [-0.3, -0.25) is 4.79 Å². The molecule has 4 nitrogen and oxygen atoms in total. The molecule has 1 aromatic carbocycles. The summed E-state index contributed by atoms with van der Waals surface area (Å²) in [4.78, 5) is 10.4. The van der Waals surface area contributed by atoms with Crippen molar-refractivity contribution in [3.05, 3.63) is 47.8 Å². The van der Waals surface area contributed by atoms with Gasteiger partial charge in [0, 0.05) is 11.8 Å². The average Bonchev–Trinajstić information content (AvgIpc) is 2.73. The number of ether oxygens (including phenoxy) is 1. The summed E-state index contributed by atoms with van der Waals surface area (Å²) in [7, 11) is 0. The zero-order chi connectivity index (χ0) is 11.4. The highest BCUT2D eigenvalue weighted by Crippen LogP contribution is 2.11. The Bertz CT molecular complexity index is 474. The number of benzene rings is 1. The lowest BCUT2D eigenvalue weighted by Gasteiger charge is -2.05. The fraction of sp³-hybridized carbons (Fsp3) is 0.167. The van der Waals surface area contributed by atoms with Crippen LogP contribution in [-0.4, -0.2) is 16.1 Å². The van der Waals surface area contributed by atoms with Crippen LogP contribution in [0.4, 0.5) is 0 Å². The molecule has 0 saturated heterocycles. The molecule has 1 heterocycles. The van der Waals surface area contributed by atoms with Gasteiger partial charge in [0.25, 0.3) is 0 Å². The van der Waals surface area contributed by atoms with Crippen molar-refractivity contribution in [2.75, 3.05) is 0 Å². The van der Waals surface area contributed by atoms with Crippen molar-refractivity contribution in [3.63, 3.8) is 0 Å². The summed E-state index contributed by atoms with van der Waals surface area (Å²) in [6, 6.07) is 6.97. The molecule has 82 valence electrons. The van der Waals surface area contributed by atoms with E-state index in [0.717, 1.165) is 17.6 Å². The van der Waals surface area contributed by atoms with Gasteiger partial charge in [0.15, 0.2) is 6.73 Å². The normalized spacial score (nSPS) is 10.1. The van der Waals surface area contributed by atoms with E-state index in [1.54, 1.807) is 35.1 Å². The molecule has 0 atom stereocenters. The fourth-order valence-electron chi connectivity index (χ4n) is 1.32. The van der Waals surface area contributed by atoms with Crippen LogP contribution >= 0.6 is 0 Å². The Kier molecular flexibility index (Phi) is 3.00. The number of aromatic nitrogens is 2. The Balaban J connectivity index is 1.96.